The third-order valence-electron chi connectivity index (χ3n) is 4.07. The van der Waals surface area contributed by atoms with Crippen LogP contribution in [0.5, 0.6) is 0 Å². The molecular weight excluding hydrogens is 377 g/mol. The quantitative estimate of drug-likeness (QED) is 0.634. The Morgan fingerprint density at radius 3 is 1.96 bits per heavy atom. The Morgan fingerprint density at radius 1 is 1.12 bits per heavy atom. The zero-order valence-corrected chi connectivity index (χ0v) is 18.0. The Labute approximate surface area is 156 Å². The van der Waals surface area contributed by atoms with Crippen LogP contribution in [0.2, 0.25) is 0 Å². The molecule has 1 N–H and O–H groups in total. The highest BCUT2D eigenvalue weighted by atomic mass is 32.2. The Bertz CT molecular complexity index is 788. The number of rotatable bonds is 9. The summed E-state index contributed by atoms with van der Waals surface area (Å²) in [5.41, 5.74) is 2.16. The molecule has 0 heterocycles. The summed E-state index contributed by atoms with van der Waals surface area (Å²) in [6.07, 6.45) is -0.503. The number of ketones is 1. The van der Waals surface area contributed by atoms with Gasteiger partial charge in [0.2, 0.25) is 10.0 Å². The van der Waals surface area contributed by atoms with Gasteiger partial charge in [-0.15, -0.1) is 0 Å². The van der Waals surface area contributed by atoms with Crippen molar-refractivity contribution >= 4 is 23.4 Å². The van der Waals surface area contributed by atoms with Gasteiger partial charge in [0.25, 0.3) is 0 Å². The van der Waals surface area contributed by atoms with Gasteiger partial charge in [-0.05, 0) is 37.8 Å². The molecule has 1 aromatic carbocycles. The number of hydrogen-bond donors (Lipinski definition) is 1. The van der Waals surface area contributed by atoms with Crippen LogP contribution in [-0.2, 0) is 28.4 Å². The molecule has 0 radical (unpaired) electrons. The van der Waals surface area contributed by atoms with Gasteiger partial charge in [-0.25, -0.2) is 13.1 Å². The summed E-state index contributed by atoms with van der Waals surface area (Å²) in [5, 5.41) is 0. The van der Waals surface area contributed by atoms with E-state index >= 15 is 0 Å². The molecule has 0 bridgehead atoms. The first-order valence-corrected chi connectivity index (χ1v) is 11.4. The predicted octanol–water partition coefficient (Wildman–Crippen LogP) is 2.97. The minimum Gasteiger partial charge on any atom is -0.312 e. The van der Waals surface area contributed by atoms with Crippen LogP contribution in [0, 0.1) is 26.7 Å². The second kappa shape index (κ2) is 8.76. The van der Waals surface area contributed by atoms with Gasteiger partial charge in [0, 0.05) is 14.2 Å². The molecule has 0 saturated heterocycles. The topological polar surface area (TPSA) is 98.8 Å². The molecule has 0 spiro atoms. The SMILES string of the molecule is COP(=O)(CC(=O)[C@@H](NS(=O)(=O)c1c(C)cc(C)cc1C)C(C)C)OC. The lowest BCUT2D eigenvalue weighted by Crippen LogP contribution is -2.45. The Balaban J connectivity index is 3.22. The first-order chi connectivity index (χ1) is 11.9. The Kier molecular flexibility index (Phi) is 7.74. The normalized spacial score (nSPS) is 13.8. The summed E-state index contributed by atoms with van der Waals surface area (Å²) in [5.74, 6) is -0.886. The van der Waals surface area contributed by atoms with Gasteiger partial charge in [-0.2, -0.15) is 0 Å². The molecule has 148 valence electrons. The van der Waals surface area contributed by atoms with Crippen molar-refractivity contribution in [2.45, 2.75) is 45.6 Å². The molecule has 1 atom stereocenters. The van der Waals surface area contributed by atoms with Crippen LogP contribution < -0.4 is 4.72 Å². The summed E-state index contributed by atoms with van der Waals surface area (Å²) < 4.78 is 50.1. The van der Waals surface area contributed by atoms with E-state index in [1.54, 1.807) is 39.8 Å². The lowest BCUT2D eigenvalue weighted by molar-refractivity contribution is -0.119. The Hall–Kier alpha value is -1.05. The van der Waals surface area contributed by atoms with Gasteiger partial charge in [0.05, 0.1) is 10.9 Å². The van der Waals surface area contributed by atoms with Gasteiger partial charge in [-0.3, -0.25) is 9.36 Å². The first-order valence-electron chi connectivity index (χ1n) is 8.20. The maximum Gasteiger partial charge on any atom is 0.337 e. The van der Waals surface area contributed by atoms with E-state index < -0.39 is 35.6 Å². The van der Waals surface area contributed by atoms with Crippen LogP contribution in [0.25, 0.3) is 0 Å². The van der Waals surface area contributed by atoms with Gasteiger partial charge in [0.15, 0.2) is 5.78 Å². The number of aryl methyl sites for hydroxylation is 3. The zero-order valence-electron chi connectivity index (χ0n) is 16.3. The highest BCUT2D eigenvalue weighted by Gasteiger charge is 2.35. The number of Topliss-reactive ketones (excluding diaryl/α,β-unsaturated/α-hetero) is 1. The number of sulfonamides is 1. The molecule has 9 heteroatoms. The third kappa shape index (κ3) is 5.47. The molecule has 0 amide bonds. The van der Waals surface area contributed by atoms with E-state index in [2.05, 4.69) is 4.72 Å². The average molecular weight is 405 g/mol. The van der Waals surface area contributed by atoms with Gasteiger partial charge >= 0.3 is 7.60 Å². The second-order valence-corrected chi connectivity index (χ2v) is 10.6. The summed E-state index contributed by atoms with van der Waals surface area (Å²) in [4.78, 5) is 12.7. The predicted molar refractivity (Wildman–Crippen MR) is 101 cm³/mol. The van der Waals surface area contributed by atoms with Crippen LogP contribution in [0.15, 0.2) is 17.0 Å². The molecule has 0 aliphatic rings. The van der Waals surface area contributed by atoms with Crippen LogP contribution in [-0.4, -0.2) is 40.6 Å². The van der Waals surface area contributed by atoms with E-state index in [9.17, 15) is 17.8 Å². The number of nitrogens with one attached hydrogen (secondary N) is 1. The molecule has 7 nitrogen and oxygen atoms in total. The van der Waals surface area contributed by atoms with E-state index in [0.717, 1.165) is 5.56 Å². The maximum atomic E-state index is 12.9. The van der Waals surface area contributed by atoms with Gasteiger partial charge in [0.1, 0.15) is 6.16 Å². The molecule has 0 aliphatic carbocycles. The molecule has 0 saturated carbocycles. The van der Waals surface area contributed by atoms with Crippen molar-refractivity contribution in [1.29, 1.82) is 0 Å². The molecule has 0 aromatic heterocycles. The number of hydrogen-bond acceptors (Lipinski definition) is 6. The van der Waals surface area contributed by atoms with Crippen LogP contribution in [0.4, 0.5) is 0 Å². The van der Waals surface area contributed by atoms with Crippen LogP contribution >= 0.6 is 7.60 Å². The molecule has 1 aromatic rings. The number of carbonyl (C=O) groups excluding carboxylic acids is 1. The lowest BCUT2D eigenvalue weighted by atomic mass is 10.0. The second-order valence-electron chi connectivity index (χ2n) is 6.67. The zero-order chi connectivity index (χ0) is 20.3. The van der Waals surface area contributed by atoms with Crippen LogP contribution in [0.1, 0.15) is 30.5 Å². The Morgan fingerprint density at radius 2 is 1.58 bits per heavy atom. The lowest BCUT2D eigenvalue weighted by Gasteiger charge is -2.24. The van der Waals surface area contributed by atoms with Crippen molar-refractivity contribution in [2.75, 3.05) is 20.4 Å². The number of carbonyl (C=O) groups is 1. The molecule has 0 fully saturated rings. The van der Waals surface area contributed by atoms with E-state index in [-0.39, 0.29) is 10.8 Å². The monoisotopic (exact) mass is 405 g/mol. The fourth-order valence-corrected chi connectivity index (χ4v) is 5.69. The first kappa shape index (κ1) is 23.0. The molecule has 0 unspecified atom stereocenters. The van der Waals surface area contributed by atoms with Crippen molar-refractivity contribution in [2.24, 2.45) is 5.92 Å². The van der Waals surface area contributed by atoms with Crippen LogP contribution in [0.3, 0.4) is 0 Å². The van der Waals surface area contributed by atoms with Crippen molar-refractivity contribution in [3.8, 4) is 0 Å². The average Bonchev–Trinajstić information content (AvgIpc) is 2.50. The van der Waals surface area contributed by atoms with Gasteiger partial charge in [-0.1, -0.05) is 31.5 Å². The summed E-state index contributed by atoms with van der Waals surface area (Å²) in [6, 6.07) is 2.51. The highest BCUT2D eigenvalue weighted by Crippen LogP contribution is 2.46. The molecule has 0 aliphatic heterocycles. The minimum atomic E-state index is -3.94. The van der Waals surface area contributed by atoms with Crippen molar-refractivity contribution in [3.05, 3.63) is 28.8 Å². The standard InChI is InChI=1S/C17H28NO6PS/c1-11(2)16(15(19)10-25(20,23-6)24-7)18-26(21,22)17-13(4)8-12(3)9-14(17)5/h8-9,11,16,18H,10H2,1-7H3/t16-/m0/s1. The van der Waals surface area contributed by atoms with Gasteiger partial charge < -0.3 is 9.05 Å². The van der Waals surface area contributed by atoms with E-state index in [4.69, 9.17) is 9.05 Å². The van der Waals surface area contributed by atoms with E-state index in [1.165, 1.54) is 14.2 Å². The molecule has 1 rings (SSSR count). The summed E-state index contributed by atoms with van der Waals surface area (Å²) >= 11 is 0. The fraction of sp³-hybridized carbons (Fsp3) is 0.588. The summed E-state index contributed by atoms with van der Waals surface area (Å²) in [6.45, 7) is 8.74. The maximum absolute atomic E-state index is 12.9. The largest absolute Gasteiger partial charge is 0.337 e. The van der Waals surface area contributed by atoms with E-state index in [1.807, 2.05) is 6.92 Å². The highest BCUT2D eigenvalue weighted by molar-refractivity contribution is 7.89. The minimum absolute atomic E-state index is 0.156. The van der Waals surface area contributed by atoms with E-state index in [0.29, 0.717) is 11.1 Å². The summed E-state index contributed by atoms with van der Waals surface area (Å²) in [7, 11) is -5.15. The smallest absolute Gasteiger partial charge is 0.312 e. The molecule has 26 heavy (non-hydrogen) atoms. The fourth-order valence-electron chi connectivity index (χ4n) is 2.88. The van der Waals surface area contributed by atoms with Crippen molar-refractivity contribution < 1.29 is 26.8 Å². The molecular formula is C17H28NO6PS. The number of benzene rings is 1. The van der Waals surface area contributed by atoms with Crippen molar-refractivity contribution in [1.82, 2.24) is 4.72 Å². The van der Waals surface area contributed by atoms with Crippen molar-refractivity contribution in [3.63, 3.8) is 0 Å². The third-order valence-corrected chi connectivity index (χ3v) is 7.63.